The number of nitrogens with one attached hydrogen (secondary N) is 1. The summed E-state index contributed by atoms with van der Waals surface area (Å²) < 4.78 is 17.8. The van der Waals surface area contributed by atoms with E-state index in [0.717, 1.165) is 54.0 Å². The standard InChI is InChI=1S/C21H33BN2O4/c1-13-16(19(25)26-8)14(2)18(24-11-9-23-10-12-24)15(3)17(13)22-27-20(4,5)21(6,7)28-22/h23H,9-12H2,1-8H3. The van der Waals surface area contributed by atoms with Crippen LogP contribution in [0.5, 0.6) is 0 Å². The Hall–Kier alpha value is -1.57. The van der Waals surface area contributed by atoms with Gasteiger partial charge in [0.1, 0.15) is 0 Å². The first-order chi connectivity index (χ1) is 13.0. The van der Waals surface area contributed by atoms with Gasteiger partial charge in [0.2, 0.25) is 0 Å². The Morgan fingerprint density at radius 3 is 2.04 bits per heavy atom. The summed E-state index contributed by atoms with van der Waals surface area (Å²) in [6.07, 6.45) is 0. The number of hydrogen-bond acceptors (Lipinski definition) is 6. The van der Waals surface area contributed by atoms with Crippen molar-refractivity contribution in [2.24, 2.45) is 0 Å². The molecule has 2 fully saturated rings. The van der Waals surface area contributed by atoms with Crippen molar-refractivity contribution in [1.29, 1.82) is 0 Å². The quantitative estimate of drug-likeness (QED) is 0.632. The summed E-state index contributed by atoms with van der Waals surface area (Å²) in [6.45, 7) is 17.9. The number of hydrogen-bond donors (Lipinski definition) is 1. The first-order valence-electron chi connectivity index (χ1n) is 10.0. The highest BCUT2D eigenvalue weighted by molar-refractivity contribution is 6.63. The fourth-order valence-corrected chi connectivity index (χ4v) is 4.31. The highest BCUT2D eigenvalue weighted by atomic mass is 16.7. The molecule has 1 aromatic rings. The van der Waals surface area contributed by atoms with Gasteiger partial charge in [-0.1, -0.05) is 0 Å². The first-order valence-corrected chi connectivity index (χ1v) is 10.0. The van der Waals surface area contributed by atoms with Crippen molar-refractivity contribution in [2.45, 2.75) is 59.7 Å². The summed E-state index contributed by atoms with van der Waals surface area (Å²) in [6, 6.07) is 0. The van der Waals surface area contributed by atoms with E-state index in [4.69, 9.17) is 14.0 Å². The molecule has 2 aliphatic heterocycles. The molecule has 28 heavy (non-hydrogen) atoms. The van der Waals surface area contributed by atoms with Crippen LogP contribution < -0.4 is 15.7 Å². The molecule has 3 rings (SSSR count). The van der Waals surface area contributed by atoms with Crippen LogP contribution in [0.2, 0.25) is 0 Å². The Bertz CT molecular complexity index is 769. The van der Waals surface area contributed by atoms with Gasteiger partial charge in [-0.05, 0) is 70.6 Å². The summed E-state index contributed by atoms with van der Waals surface area (Å²) in [4.78, 5) is 15.0. The van der Waals surface area contributed by atoms with Crippen LogP contribution in [0.1, 0.15) is 54.7 Å². The van der Waals surface area contributed by atoms with Crippen LogP contribution in [0, 0.1) is 20.8 Å². The zero-order valence-electron chi connectivity index (χ0n) is 18.5. The van der Waals surface area contributed by atoms with E-state index in [1.807, 2.05) is 41.5 Å². The van der Waals surface area contributed by atoms with Gasteiger partial charge in [-0.2, -0.15) is 0 Å². The fraction of sp³-hybridized carbons (Fsp3) is 0.667. The van der Waals surface area contributed by atoms with Gasteiger partial charge in [0.05, 0.1) is 23.9 Å². The van der Waals surface area contributed by atoms with E-state index >= 15 is 0 Å². The predicted molar refractivity (Wildman–Crippen MR) is 113 cm³/mol. The lowest BCUT2D eigenvalue weighted by Crippen LogP contribution is -2.46. The SMILES string of the molecule is COC(=O)c1c(C)c(B2OC(C)(C)C(C)(C)O2)c(C)c(N2CCNCC2)c1C. The molecule has 0 spiro atoms. The van der Waals surface area contributed by atoms with Gasteiger partial charge in [0.15, 0.2) is 0 Å². The average Bonchev–Trinajstić information content (AvgIpc) is 2.82. The summed E-state index contributed by atoms with van der Waals surface area (Å²) >= 11 is 0. The topological polar surface area (TPSA) is 60.0 Å². The van der Waals surface area contributed by atoms with Crippen LogP contribution in [0.25, 0.3) is 0 Å². The van der Waals surface area contributed by atoms with Gasteiger partial charge in [-0.3, -0.25) is 0 Å². The third-order valence-electron chi connectivity index (χ3n) is 6.58. The highest BCUT2D eigenvalue weighted by Crippen LogP contribution is 2.39. The normalized spacial score (nSPS) is 21.1. The molecule has 1 aromatic carbocycles. The Morgan fingerprint density at radius 2 is 1.54 bits per heavy atom. The maximum absolute atomic E-state index is 12.7. The van der Waals surface area contributed by atoms with Crippen molar-refractivity contribution in [3.8, 4) is 0 Å². The summed E-state index contributed by atoms with van der Waals surface area (Å²) in [7, 11) is 0.913. The van der Waals surface area contributed by atoms with Gasteiger partial charge in [0.25, 0.3) is 0 Å². The molecule has 0 aliphatic carbocycles. The lowest BCUT2D eigenvalue weighted by Gasteiger charge is -2.34. The van der Waals surface area contributed by atoms with E-state index < -0.39 is 18.3 Å². The number of methoxy groups -OCH3 is 1. The molecule has 0 atom stereocenters. The van der Waals surface area contributed by atoms with Crippen molar-refractivity contribution in [3.63, 3.8) is 0 Å². The van der Waals surface area contributed by atoms with Crippen LogP contribution in [0.15, 0.2) is 0 Å². The monoisotopic (exact) mass is 388 g/mol. The number of nitrogens with zero attached hydrogens (tertiary/aromatic N) is 1. The molecule has 0 unspecified atom stereocenters. The molecular weight excluding hydrogens is 355 g/mol. The zero-order chi connectivity index (χ0) is 20.9. The Kier molecular flexibility index (Phi) is 5.56. The molecule has 0 aromatic heterocycles. The maximum atomic E-state index is 12.7. The zero-order valence-corrected chi connectivity index (χ0v) is 18.5. The number of anilines is 1. The Labute approximate surface area is 169 Å². The fourth-order valence-electron chi connectivity index (χ4n) is 4.31. The second-order valence-corrected chi connectivity index (χ2v) is 8.83. The number of carbonyl (C=O) groups excluding carboxylic acids is 1. The molecule has 1 N–H and O–H groups in total. The van der Waals surface area contributed by atoms with Gasteiger partial charge >= 0.3 is 13.1 Å². The smallest absolute Gasteiger partial charge is 0.465 e. The number of benzene rings is 1. The van der Waals surface area contributed by atoms with E-state index in [0.29, 0.717) is 5.56 Å². The number of piperazine rings is 1. The van der Waals surface area contributed by atoms with Gasteiger partial charge in [-0.15, -0.1) is 0 Å². The van der Waals surface area contributed by atoms with Crippen molar-refractivity contribution in [1.82, 2.24) is 5.32 Å². The van der Waals surface area contributed by atoms with Gasteiger partial charge in [-0.25, -0.2) is 4.79 Å². The molecule has 6 nitrogen and oxygen atoms in total. The van der Waals surface area contributed by atoms with E-state index in [9.17, 15) is 4.79 Å². The average molecular weight is 388 g/mol. The molecule has 154 valence electrons. The molecule has 2 heterocycles. The second kappa shape index (κ2) is 7.36. The third kappa shape index (κ3) is 3.33. The van der Waals surface area contributed by atoms with E-state index in [2.05, 4.69) is 17.1 Å². The van der Waals surface area contributed by atoms with Crippen LogP contribution in [0.4, 0.5) is 5.69 Å². The van der Waals surface area contributed by atoms with Crippen LogP contribution in [-0.4, -0.2) is 57.6 Å². The van der Waals surface area contributed by atoms with Crippen LogP contribution >= 0.6 is 0 Å². The lowest BCUT2D eigenvalue weighted by atomic mass is 9.70. The summed E-state index contributed by atoms with van der Waals surface area (Å²) in [5.41, 5.74) is 4.72. The second-order valence-electron chi connectivity index (χ2n) is 8.83. The van der Waals surface area contributed by atoms with Crippen molar-refractivity contribution < 1.29 is 18.8 Å². The first kappa shape index (κ1) is 21.2. The Balaban J connectivity index is 2.20. The lowest BCUT2D eigenvalue weighted by molar-refractivity contribution is 0.00578. The van der Waals surface area contributed by atoms with Crippen LogP contribution in [-0.2, 0) is 14.0 Å². The number of esters is 1. The molecule has 0 radical (unpaired) electrons. The van der Waals surface area contributed by atoms with Gasteiger partial charge < -0.3 is 24.3 Å². The molecule has 0 bridgehead atoms. The molecular formula is C21H33BN2O4. The molecule has 2 aliphatic rings. The maximum Gasteiger partial charge on any atom is 0.495 e. The molecule has 0 saturated carbocycles. The summed E-state index contributed by atoms with van der Waals surface area (Å²) in [5.74, 6) is -0.316. The van der Waals surface area contributed by atoms with E-state index in [1.54, 1.807) is 0 Å². The van der Waals surface area contributed by atoms with Crippen molar-refractivity contribution in [2.75, 3.05) is 38.2 Å². The molecule has 7 heteroatoms. The van der Waals surface area contributed by atoms with Crippen LogP contribution in [0.3, 0.4) is 0 Å². The van der Waals surface area contributed by atoms with Crippen molar-refractivity contribution in [3.05, 3.63) is 22.3 Å². The number of carbonyl (C=O) groups is 1. The highest BCUT2D eigenvalue weighted by Gasteiger charge is 2.53. The van der Waals surface area contributed by atoms with Crippen molar-refractivity contribution >= 4 is 24.2 Å². The third-order valence-corrected chi connectivity index (χ3v) is 6.58. The van der Waals surface area contributed by atoms with E-state index in [1.165, 1.54) is 7.11 Å². The minimum atomic E-state index is -0.518. The largest absolute Gasteiger partial charge is 0.495 e. The van der Waals surface area contributed by atoms with E-state index in [-0.39, 0.29) is 5.97 Å². The molecule has 2 saturated heterocycles. The Morgan fingerprint density at radius 1 is 1.00 bits per heavy atom. The number of ether oxygens (including phenoxy) is 1. The summed E-state index contributed by atoms with van der Waals surface area (Å²) in [5, 5.41) is 3.39. The minimum absolute atomic E-state index is 0.316. The predicted octanol–water partition coefficient (Wildman–Crippen LogP) is 2.11. The number of rotatable bonds is 3. The molecule has 0 amide bonds. The van der Waals surface area contributed by atoms with Gasteiger partial charge in [0, 0.05) is 31.9 Å². The minimum Gasteiger partial charge on any atom is -0.465 e.